The molecule has 1 atom stereocenters. The molecule has 0 aromatic heterocycles. The SMILES string of the molecule is CC(C)(C)c1ccc(NC(=O)C(N)c2ccc(O)cc2)cc1. The van der Waals surface area contributed by atoms with Crippen LogP contribution in [0.4, 0.5) is 5.69 Å². The van der Waals surface area contributed by atoms with E-state index < -0.39 is 6.04 Å². The summed E-state index contributed by atoms with van der Waals surface area (Å²) in [5.41, 5.74) is 8.59. The molecule has 0 bridgehead atoms. The first kappa shape index (κ1) is 16.0. The van der Waals surface area contributed by atoms with Gasteiger partial charge in [-0.25, -0.2) is 0 Å². The molecule has 0 saturated heterocycles. The molecule has 1 unspecified atom stereocenters. The molecule has 22 heavy (non-hydrogen) atoms. The number of nitrogens with one attached hydrogen (secondary N) is 1. The third kappa shape index (κ3) is 3.86. The predicted molar refractivity (Wildman–Crippen MR) is 88.8 cm³/mol. The Hall–Kier alpha value is -2.33. The molecule has 0 aliphatic rings. The molecular formula is C18H22N2O2. The predicted octanol–water partition coefficient (Wildman–Crippen LogP) is 3.33. The highest BCUT2D eigenvalue weighted by Crippen LogP contribution is 2.24. The minimum Gasteiger partial charge on any atom is -0.508 e. The summed E-state index contributed by atoms with van der Waals surface area (Å²) in [6, 6.07) is 13.3. The first-order valence-electron chi connectivity index (χ1n) is 7.23. The normalized spacial score (nSPS) is 12.7. The molecule has 0 radical (unpaired) electrons. The van der Waals surface area contributed by atoms with Gasteiger partial charge in [-0.2, -0.15) is 0 Å². The van der Waals surface area contributed by atoms with Gasteiger partial charge in [0.05, 0.1) is 0 Å². The fourth-order valence-corrected chi connectivity index (χ4v) is 2.11. The van der Waals surface area contributed by atoms with Gasteiger partial charge in [0.1, 0.15) is 11.8 Å². The largest absolute Gasteiger partial charge is 0.508 e. The molecule has 116 valence electrons. The Bertz CT molecular complexity index is 640. The number of aromatic hydroxyl groups is 1. The van der Waals surface area contributed by atoms with Gasteiger partial charge in [0.15, 0.2) is 0 Å². The standard InChI is InChI=1S/C18H22N2O2/c1-18(2,3)13-6-8-14(9-7-13)20-17(22)16(19)12-4-10-15(21)11-5-12/h4-11,16,21H,19H2,1-3H3,(H,20,22). The van der Waals surface area contributed by atoms with Crippen LogP contribution in [0.1, 0.15) is 37.9 Å². The van der Waals surface area contributed by atoms with Crippen molar-refractivity contribution < 1.29 is 9.90 Å². The minimum atomic E-state index is -0.775. The van der Waals surface area contributed by atoms with E-state index in [2.05, 4.69) is 26.1 Å². The number of carbonyl (C=O) groups excluding carboxylic acids is 1. The first-order valence-corrected chi connectivity index (χ1v) is 7.23. The lowest BCUT2D eigenvalue weighted by atomic mass is 9.87. The van der Waals surface area contributed by atoms with E-state index in [1.807, 2.05) is 24.3 Å². The molecule has 1 amide bonds. The van der Waals surface area contributed by atoms with Crippen molar-refractivity contribution >= 4 is 11.6 Å². The fraction of sp³-hybridized carbons (Fsp3) is 0.278. The summed E-state index contributed by atoms with van der Waals surface area (Å²) < 4.78 is 0. The monoisotopic (exact) mass is 298 g/mol. The smallest absolute Gasteiger partial charge is 0.245 e. The van der Waals surface area contributed by atoms with Crippen molar-refractivity contribution in [2.45, 2.75) is 32.2 Å². The minimum absolute atomic E-state index is 0.0744. The molecule has 0 saturated carbocycles. The summed E-state index contributed by atoms with van der Waals surface area (Å²) in [4.78, 5) is 12.2. The Morgan fingerprint density at radius 3 is 2.09 bits per heavy atom. The van der Waals surface area contributed by atoms with Gasteiger partial charge in [0.2, 0.25) is 5.91 Å². The Kier molecular flexibility index (Phi) is 4.52. The van der Waals surface area contributed by atoms with E-state index in [0.717, 1.165) is 0 Å². The molecule has 0 spiro atoms. The van der Waals surface area contributed by atoms with E-state index in [1.165, 1.54) is 17.7 Å². The van der Waals surface area contributed by atoms with Crippen LogP contribution in [0.5, 0.6) is 5.75 Å². The van der Waals surface area contributed by atoms with Gasteiger partial charge < -0.3 is 16.2 Å². The van der Waals surface area contributed by atoms with Crippen LogP contribution in [0.3, 0.4) is 0 Å². The van der Waals surface area contributed by atoms with E-state index in [-0.39, 0.29) is 17.1 Å². The van der Waals surface area contributed by atoms with Gasteiger partial charge in [0, 0.05) is 5.69 Å². The van der Waals surface area contributed by atoms with E-state index in [1.54, 1.807) is 12.1 Å². The molecule has 0 aliphatic heterocycles. The van der Waals surface area contributed by atoms with Crippen LogP contribution in [0.25, 0.3) is 0 Å². The van der Waals surface area contributed by atoms with E-state index in [0.29, 0.717) is 11.3 Å². The molecule has 0 aliphatic carbocycles. The lowest BCUT2D eigenvalue weighted by Gasteiger charge is -2.19. The van der Waals surface area contributed by atoms with Gasteiger partial charge in [0.25, 0.3) is 0 Å². The summed E-state index contributed by atoms with van der Waals surface area (Å²) in [5.74, 6) is -0.136. The van der Waals surface area contributed by atoms with Gasteiger partial charge >= 0.3 is 0 Å². The highest BCUT2D eigenvalue weighted by atomic mass is 16.3. The summed E-state index contributed by atoms with van der Waals surface area (Å²) >= 11 is 0. The van der Waals surface area contributed by atoms with Crippen molar-refractivity contribution in [1.29, 1.82) is 0 Å². The zero-order chi connectivity index (χ0) is 16.3. The Labute approximate surface area is 131 Å². The number of hydrogen-bond acceptors (Lipinski definition) is 3. The third-order valence-corrected chi connectivity index (χ3v) is 3.55. The molecule has 2 aromatic rings. The van der Waals surface area contributed by atoms with Crippen LogP contribution >= 0.6 is 0 Å². The van der Waals surface area contributed by atoms with Crippen molar-refractivity contribution in [3.8, 4) is 5.75 Å². The lowest BCUT2D eigenvalue weighted by Crippen LogP contribution is -2.27. The van der Waals surface area contributed by atoms with Crippen molar-refractivity contribution in [2.75, 3.05) is 5.32 Å². The molecule has 4 N–H and O–H groups in total. The van der Waals surface area contributed by atoms with E-state index in [4.69, 9.17) is 5.73 Å². The van der Waals surface area contributed by atoms with Gasteiger partial charge in [-0.3, -0.25) is 4.79 Å². The zero-order valence-electron chi connectivity index (χ0n) is 13.1. The Morgan fingerprint density at radius 1 is 1.05 bits per heavy atom. The number of rotatable bonds is 3. The second kappa shape index (κ2) is 6.20. The molecular weight excluding hydrogens is 276 g/mol. The Morgan fingerprint density at radius 2 is 1.59 bits per heavy atom. The number of anilines is 1. The van der Waals surface area contributed by atoms with E-state index >= 15 is 0 Å². The van der Waals surface area contributed by atoms with Crippen molar-refractivity contribution in [1.82, 2.24) is 0 Å². The van der Waals surface area contributed by atoms with Crippen LogP contribution in [0, 0.1) is 0 Å². The molecule has 0 fully saturated rings. The highest BCUT2D eigenvalue weighted by molar-refractivity contribution is 5.95. The average molecular weight is 298 g/mol. The van der Waals surface area contributed by atoms with Crippen LogP contribution in [0.15, 0.2) is 48.5 Å². The lowest BCUT2D eigenvalue weighted by molar-refractivity contribution is -0.117. The molecule has 2 aromatic carbocycles. The molecule has 2 rings (SSSR count). The van der Waals surface area contributed by atoms with Gasteiger partial charge in [-0.05, 0) is 40.8 Å². The van der Waals surface area contributed by atoms with Crippen LogP contribution in [0.2, 0.25) is 0 Å². The van der Waals surface area contributed by atoms with Gasteiger partial charge in [-0.1, -0.05) is 45.0 Å². The second-order valence-corrected chi connectivity index (χ2v) is 6.39. The fourth-order valence-electron chi connectivity index (χ4n) is 2.11. The van der Waals surface area contributed by atoms with Crippen molar-refractivity contribution in [2.24, 2.45) is 5.73 Å². The first-order chi connectivity index (χ1) is 10.3. The number of nitrogens with two attached hydrogens (primary N) is 1. The third-order valence-electron chi connectivity index (χ3n) is 3.55. The Balaban J connectivity index is 2.06. The van der Waals surface area contributed by atoms with Crippen LogP contribution < -0.4 is 11.1 Å². The number of hydrogen-bond donors (Lipinski definition) is 3. The average Bonchev–Trinajstić information content (AvgIpc) is 2.47. The molecule has 4 nitrogen and oxygen atoms in total. The van der Waals surface area contributed by atoms with E-state index in [9.17, 15) is 9.90 Å². The molecule has 0 heterocycles. The topological polar surface area (TPSA) is 75.4 Å². The number of phenolic OH excluding ortho intramolecular Hbond substituents is 1. The maximum Gasteiger partial charge on any atom is 0.245 e. The number of phenols is 1. The summed E-state index contributed by atoms with van der Waals surface area (Å²) in [6.45, 7) is 6.42. The van der Waals surface area contributed by atoms with Crippen molar-refractivity contribution in [3.05, 3.63) is 59.7 Å². The van der Waals surface area contributed by atoms with Crippen LogP contribution in [-0.2, 0) is 10.2 Å². The number of amides is 1. The number of carbonyl (C=O) groups is 1. The number of benzene rings is 2. The van der Waals surface area contributed by atoms with Gasteiger partial charge in [-0.15, -0.1) is 0 Å². The maximum atomic E-state index is 12.2. The summed E-state index contributed by atoms with van der Waals surface area (Å²) in [7, 11) is 0. The summed E-state index contributed by atoms with van der Waals surface area (Å²) in [6.07, 6.45) is 0. The highest BCUT2D eigenvalue weighted by Gasteiger charge is 2.17. The maximum absolute atomic E-state index is 12.2. The van der Waals surface area contributed by atoms with Crippen LogP contribution in [-0.4, -0.2) is 11.0 Å². The van der Waals surface area contributed by atoms with Crippen molar-refractivity contribution in [3.63, 3.8) is 0 Å². The molecule has 4 heteroatoms. The second-order valence-electron chi connectivity index (χ2n) is 6.39. The quantitative estimate of drug-likeness (QED) is 0.813. The summed E-state index contributed by atoms with van der Waals surface area (Å²) in [5, 5.41) is 12.1. The zero-order valence-corrected chi connectivity index (χ0v) is 13.1.